The van der Waals surface area contributed by atoms with Gasteiger partial charge in [0.15, 0.2) is 0 Å². The molecule has 5 nitrogen and oxygen atoms in total. The van der Waals surface area contributed by atoms with E-state index in [1.165, 1.54) is 4.90 Å². The molecule has 0 aromatic heterocycles. The number of likely N-dealkylation sites (N-methyl/N-ethyl adjacent to an activating group) is 1. The summed E-state index contributed by atoms with van der Waals surface area (Å²) in [6, 6.07) is 7.74. The van der Waals surface area contributed by atoms with Crippen molar-refractivity contribution in [2.24, 2.45) is 0 Å². The standard InChI is InChI=1S/C16H24N2O3/c1-12(2)17-15(19)11-18(4)16(20)9-10-21-14-7-5-13(3)6-8-14/h5-8,12H,9-11H2,1-4H3,(H,17,19). The summed E-state index contributed by atoms with van der Waals surface area (Å²) in [7, 11) is 1.62. The zero-order valence-corrected chi connectivity index (χ0v) is 13.2. The Labute approximate surface area is 126 Å². The largest absolute Gasteiger partial charge is 0.493 e. The number of aryl methyl sites for hydroxylation is 1. The van der Waals surface area contributed by atoms with Gasteiger partial charge in [0.2, 0.25) is 11.8 Å². The molecule has 1 rings (SSSR count). The molecule has 21 heavy (non-hydrogen) atoms. The summed E-state index contributed by atoms with van der Waals surface area (Å²) in [5, 5.41) is 2.75. The molecule has 1 aromatic carbocycles. The van der Waals surface area contributed by atoms with Crippen molar-refractivity contribution in [3.8, 4) is 5.75 Å². The topological polar surface area (TPSA) is 58.6 Å². The van der Waals surface area contributed by atoms with E-state index >= 15 is 0 Å². The molecule has 0 bridgehead atoms. The number of rotatable bonds is 7. The van der Waals surface area contributed by atoms with Gasteiger partial charge < -0.3 is 15.0 Å². The molecule has 0 saturated heterocycles. The lowest BCUT2D eigenvalue weighted by atomic mass is 10.2. The summed E-state index contributed by atoms with van der Waals surface area (Å²) in [4.78, 5) is 24.8. The summed E-state index contributed by atoms with van der Waals surface area (Å²) in [6.07, 6.45) is 0.249. The molecule has 0 aliphatic rings. The second kappa shape index (κ2) is 8.29. The van der Waals surface area contributed by atoms with Crippen molar-refractivity contribution in [2.75, 3.05) is 20.2 Å². The fourth-order valence-electron chi connectivity index (χ4n) is 1.75. The predicted octanol–water partition coefficient (Wildman–Crippen LogP) is 1.75. The van der Waals surface area contributed by atoms with E-state index in [2.05, 4.69) is 5.32 Å². The average molecular weight is 292 g/mol. The van der Waals surface area contributed by atoms with Crippen LogP contribution in [0.5, 0.6) is 5.75 Å². The van der Waals surface area contributed by atoms with Crippen LogP contribution in [-0.2, 0) is 9.59 Å². The molecule has 0 spiro atoms. The van der Waals surface area contributed by atoms with Crippen molar-refractivity contribution in [3.63, 3.8) is 0 Å². The van der Waals surface area contributed by atoms with E-state index in [1.54, 1.807) is 7.05 Å². The molecule has 0 aliphatic heterocycles. The molecule has 0 aliphatic carbocycles. The van der Waals surface area contributed by atoms with Crippen molar-refractivity contribution in [2.45, 2.75) is 33.2 Å². The Bertz CT molecular complexity index is 469. The highest BCUT2D eigenvalue weighted by atomic mass is 16.5. The van der Waals surface area contributed by atoms with E-state index in [0.717, 1.165) is 11.3 Å². The number of benzene rings is 1. The molecule has 0 saturated carbocycles. The summed E-state index contributed by atoms with van der Waals surface area (Å²) < 4.78 is 5.50. The van der Waals surface area contributed by atoms with Crippen LogP contribution < -0.4 is 10.1 Å². The Balaban J connectivity index is 2.29. The first kappa shape index (κ1) is 17.0. The first-order chi connectivity index (χ1) is 9.88. The van der Waals surface area contributed by atoms with Crippen molar-refractivity contribution in [3.05, 3.63) is 29.8 Å². The van der Waals surface area contributed by atoms with Crippen LogP contribution in [0.2, 0.25) is 0 Å². The van der Waals surface area contributed by atoms with Crippen LogP contribution in [0, 0.1) is 6.92 Å². The van der Waals surface area contributed by atoms with Gasteiger partial charge in [-0.2, -0.15) is 0 Å². The number of hydrogen-bond donors (Lipinski definition) is 1. The maximum atomic E-state index is 11.9. The lowest BCUT2D eigenvalue weighted by Gasteiger charge is -2.18. The molecular formula is C16H24N2O3. The first-order valence-electron chi connectivity index (χ1n) is 7.11. The number of carbonyl (C=O) groups is 2. The van der Waals surface area contributed by atoms with Gasteiger partial charge in [0.25, 0.3) is 0 Å². The maximum absolute atomic E-state index is 11.9. The molecular weight excluding hydrogens is 268 g/mol. The fraction of sp³-hybridized carbons (Fsp3) is 0.500. The summed E-state index contributed by atoms with van der Waals surface area (Å²) in [6.45, 7) is 6.15. The van der Waals surface area contributed by atoms with E-state index < -0.39 is 0 Å². The highest BCUT2D eigenvalue weighted by molar-refractivity contribution is 5.84. The zero-order chi connectivity index (χ0) is 15.8. The minimum Gasteiger partial charge on any atom is -0.493 e. The maximum Gasteiger partial charge on any atom is 0.239 e. The highest BCUT2D eigenvalue weighted by Gasteiger charge is 2.13. The number of hydrogen-bond acceptors (Lipinski definition) is 3. The average Bonchev–Trinajstić information content (AvgIpc) is 2.39. The molecule has 0 atom stereocenters. The van der Waals surface area contributed by atoms with Gasteiger partial charge in [0.1, 0.15) is 5.75 Å². The fourth-order valence-corrected chi connectivity index (χ4v) is 1.75. The number of ether oxygens (including phenoxy) is 1. The van der Waals surface area contributed by atoms with Crippen molar-refractivity contribution in [1.82, 2.24) is 10.2 Å². The van der Waals surface area contributed by atoms with Gasteiger partial charge >= 0.3 is 0 Å². The monoisotopic (exact) mass is 292 g/mol. The summed E-state index contributed by atoms with van der Waals surface area (Å²) >= 11 is 0. The minimum absolute atomic E-state index is 0.0710. The summed E-state index contributed by atoms with van der Waals surface area (Å²) in [5.74, 6) is 0.481. The number of nitrogens with zero attached hydrogens (tertiary/aromatic N) is 1. The normalized spacial score (nSPS) is 10.3. The Morgan fingerprint density at radius 3 is 2.43 bits per heavy atom. The van der Waals surface area contributed by atoms with Crippen LogP contribution in [0.15, 0.2) is 24.3 Å². The van der Waals surface area contributed by atoms with Gasteiger partial charge in [-0.05, 0) is 32.9 Å². The van der Waals surface area contributed by atoms with Crippen molar-refractivity contribution in [1.29, 1.82) is 0 Å². The third kappa shape index (κ3) is 6.79. The minimum atomic E-state index is -0.152. The lowest BCUT2D eigenvalue weighted by Crippen LogP contribution is -2.41. The van der Waals surface area contributed by atoms with Crippen molar-refractivity contribution >= 4 is 11.8 Å². The van der Waals surface area contributed by atoms with Crippen LogP contribution >= 0.6 is 0 Å². The van der Waals surface area contributed by atoms with E-state index in [1.807, 2.05) is 45.0 Å². The first-order valence-corrected chi connectivity index (χ1v) is 7.11. The van der Waals surface area contributed by atoms with Crippen LogP contribution in [-0.4, -0.2) is 43.0 Å². The Morgan fingerprint density at radius 2 is 1.86 bits per heavy atom. The lowest BCUT2D eigenvalue weighted by molar-refractivity contribution is -0.135. The Morgan fingerprint density at radius 1 is 1.24 bits per heavy atom. The molecule has 0 heterocycles. The SMILES string of the molecule is Cc1ccc(OCCC(=O)N(C)CC(=O)NC(C)C)cc1. The molecule has 5 heteroatoms. The highest BCUT2D eigenvalue weighted by Crippen LogP contribution is 2.11. The molecule has 0 radical (unpaired) electrons. The van der Waals surface area contributed by atoms with Crippen molar-refractivity contribution < 1.29 is 14.3 Å². The number of nitrogens with one attached hydrogen (secondary N) is 1. The number of amides is 2. The van der Waals surface area contributed by atoms with Gasteiger partial charge in [0, 0.05) is 13.1 Å². The van der Waals surface area contributed by atoms with Crippen LogP contribution in [0.1, 0.15) is 25.8 Å². The van der Waals surface area contributed by atoms with Gasteiger partial charge in [-0.1, -0.05) is 17.7 Å². The van der Waals surface area contributed by atoms with Crippen LogP contribution in [0.25, 0.3) is 0 Å². The molecule has 116 valence electrons. The van der Waals surface area contributed by atoms with Crippen LogP contribution in [0.4, 0.5) is 0 Å². The van der Waals surface area contributed by atoms with Gasteiger partial charge in [-0.25, -0.2) is 0 Å². The number of carbonyl (C=O) groups excluding carboxylic acids is 2. The Hall–Kier alpha value is -2.04. The quantitative estimate of drug-likeness (QED) is 0.833. The third-order valence-corrected chi connectivity index (χ3v) is 2.86. The van der Waals surface area contributed by atoms with E-state index in [-0.39, 0.29) is 30.8 Å². The van der Waals surface area contributed by atoms with Gasteiger partial charge in [-0.3, -0.25) is 9.59 Å². The smallest absolute Gasteiger partial charge is 0.239 e. The second-order valence-corrected chi connectivity index (χ2v) is 5.38. The van der Waals surface area contributed by atoms with Crippen LogP contribution in [0.3, 0.4) is 0 Å². The van der Waals surface area contributed by atoms with E-state index in [9.17, 15) is 9.59 Å². The molecule has 1 N–H and O–H groups in total. The molecule has 0 fully saturated rings. The molecule has 2 amide bonds. The predicted molar refractivity (Wildman–Crippen MR) is 82.2 cm³/mol. The molecule has 0 unspecified atom stereocenters. The third-order valence-electron chi connectivity index (χ3n) is 2.86. The van der Waals surface area contributed by atoms with Gasteiger partial charge in [0.05, 0.1) is 19.6 Å². The van der Waals surface area contributed by atoms with E-state index in [4.69, 9.17) is 4.74 Å². The zero-order valence-electron chi connectivity index (χ0n) is 13.2. The Kier molecular flexibility index (Phi) is 6.72. The summed E-state index contributed by atoms with van der Waals surface area (Å²) in [5.41, 5.74) is 1.16. The van der Waals surface area contributed by atoms with Gasteiger partial charge in [-0.15, -0.1) is 0 Å². The molecule has 1 aromatic rings. The second-order valence-electron chi connectivity index (χ2n) is 5.38. The van der Waals surface area contributed by atoms with E-state index in [0.29, 0.717) is 6.61 Å².